The van der Waals surface area contributed by atoms with E-state index in [0.717, 1.165) is 32.6 Å². The molecule has 5 aromatic rings. The second-order valence-electron chi connectivity index (χ2n) is 13.1. The van der Waals surface area contributed by atoms with Crippen LogP contribution in [-0.4, -0.2) is 28.0 Å². The predicted octanol–water partition coefficient (Wildman–Crippen LogP) is 15.9. The summed E-state index contributed by atoms with van der Waals surface area (Å²) >= 11 is -0.826. The normalized spacial score (nSPS) is 13.1. The van der Waals surface area contributed by atoms with Crippen LogP contribution in [0.15, 0.2) is 84.9 Å². The van der Waals surface area contributed by atoms with Crippen LogP contribution in [0, 0.1) is 0 Å². The van der Waals surface area contributed by atoms with Crippen LogP contribution < -0.4 is 0 Å². The molecule has 13 heteroatoms. The molecule has 54 heavy (non-hydrogen) atoms. The molecule has 0 bridgehead atoms. The van der Waals surface area contributed by atoms with Crippen LogP contribution in [0.4, 0.5) is 39.5 Å². The SMILES string of the molecule is CCCC(C)c1cc2c(C(C)CC)cccc2[cH-]1.CCc1cc2c(-c3ccc(C(C(F)(F)F)(C(F)(F)F)C(F)(F)F)cc3)cccc2[cH-]1.C[Si]C.[Cl][Zr+2][Cl]. The average molecular weight is 899 g/mol. The van der Waals surface area contributed by atoms with Gasteiger partial charge in [-0.3, -0.25) is 0 Å². The van der Waals surface area contributed by atoms with E-state index in [0.29, 0.717) is 29.2 Å². The first kappa shape index (κ1) is 48.1. The van der Waals surface area contributed by atoms with Crippen molar-refractivity contribution in [3.05, 3.63) is 107 Å². The number of aryl methyl sites for hydroxylation is 1. The second-order valence-corrected chi connectivity index (χ2v) is 17.8. The number of hydrogen-bond donors (Lipinski definition) is 0. The molecule has 2 radical (unpaired) electrons. The van der Waals surface area contributed by atoms with Gasteiger partial charge in [-0.05, 0) is 35.8 Å². The van der Waals surface area contributed by atoms with Gasteiger partial charge in [-0.1, -0.05) is 108 Å². The van der Waals surface area contributed by atoms with Gasteiger partial charge in [-0.2, -0.15) is 51.6 Å². The Hall–Kier alpha value is -2.07. The van der Waals surface area contributed by atoms with Crippen LogP contribution in [-0.2, 0) is 32.7 Å². The molecule has 0 nitrogen and oxygen atoms in total. The van der Waals surface area contributed by atoms with Crippen molar-refractivity contribution in [3.8, 4) is 11.1 Å². The summed E-state index contributed by atoms with van der Waals surface area (Å²) in [6.45, 7) is 15.4. The summed E-state index contributed by atoms with van der Waals surface area (Å²) in [5.74, 6) is 1.35. The van der Waals surface area contributed by atoms with Gasteiger partial charge in [-0.25, -0.2) is 0 Å². The zero-order chi connectivity index (χ0) is 41.1. The Balaban J connectivity index is 0.000000356. The van der Waals surface area contributed by atoms with E-state index >= 15 is 0 Å². The minimum absolute atomic E-state index is 0.207. The maximum atomic E-state index is 13.3. The minimum atomic E-state index is -6.63. The summed E-state index contributed by atoms with van der Waals surface area (Å²) in [7, 11) is 11.0. The third-order valence-electron chi connectivity index (χ3n) is 9.36. The van der Waals surface area contributed by atoms with Crippen molar-refractivity contribution < 1.29 is 60.4 Å². The van der Waals surface area contributed by atoms with Crippen LogP contribution in [0.1, 0.15) is 88.0 Å². The van der Waals surface area contributed by atoms with Crippen molar-refractivity contribution in [2.45, 2.75) is 109 Å². The van der Waals surface area contributed by atoms with Crippen molar-refractivity contribution in [2.24, 2.45) is 0 Å². The molecule has 5 rings (SSSR count). The molecule has 0 amide bonds. The molecule has 0 fully saturated rings. The number of hydrogen-bond acceptors (Lipinski definition) is 0. The molecule has 5 aromatic carbocycles. The number of benzene rings is 3. The molecular weight excluding hydrogens is 854 g/mol. The van der Waals surface area contributed by atoms with E-state index < -0.39 is 50.4 Å². The number of alkyl halides is 9. The Labute approximate surface area is 334 Å². The van der Waals surface area contributed by atoms with Gasteiger partial charge < -0.3 is 0 Å². The fourth-order valence-corrected chi connectivity index (χ4v) is 6.44. The standard InChI is InChI=1S/C21H14F9.C18H25.C2H6Si.2ClH.Zr/c1-2-12-10-14-4-3-5-16(17(14)11-12)13-6-8-15(9-7-13)18(19(22,23)24,20(25,26)27)21(28,29)30;1-5-8-14(4)16-11-15-9-7-10-17(13(3)6-2)18(15)12-16;1-3-2;;;/h3-11H,2H2,1H3;7,9-14H,5-6,8H2,1-4H3;1-2H3;2*1H;/q2*-1;;;;+4/p-2. The van der Waals surface area contributed by atoms with Gasteiger partial charge >= 0.3 is 56.4 Å². The molecule has 0 aliphatic carbocycles. The van der Waals surface area contributed by atoms with Gasteiger partial charge in [0, 0.05) is 9.52 Å². The van der Waals surface area contributed by atoms with Crippen LogP contribution in [0.2, 0.25) is 13.1 Å². The van der Waals surface area contributed by atoms with Crippen molar-refractivity contribution in [1.82, 2.24) is 0 Å². The number of rotatable bonds is 8. The van der Waals surface area contributed by atoms with Gasteiger partial charge in [-0.15, -0.1) is 69.1 Å². The van der Waals surface area contributed by atoms with E-state index in [-0.39, 0.29) is 17.7 Å². The van der Waals surface area contributed by atoms with E-state index in [2.05, 4.69) is 71.1 Å². The van der Waals surface area contributed by atoms with E-state index in [4.69, 9.17) is 17.0 Å². The van der Waals surface area contributed by atoms with Crippen LogP contribution >= 0.6 is 17.0 Å². The molecule has 0 spiro atoms. The zero-order valence-electron chi connectivity index (χ0n) is 31.2. The first-order valence-electron chi connectivity index (χ1n) is 17.5. The molecular formula is C41H45Cl2F9SiZr. The maximum absolute atomic E-state index is 13.3. The number of fused-ring (bicyclic) bond motifs is 2. The third-order valence-corrected chi connectivity index (χ3v) is 9.36. The molecule has 0 saturated heterocycles. The second kappa shape index (κ2) is 20.9. The quantitative estimate of drug-likeness (QED) is 0.0827. The summed E-state index contributed by atoms with van der Waals surface area (Å²) in [4.78, 5) is 0. The summed E-state index contributed by atoms with van der Waals surface area (Å²) in [6.07, 6.45) is -15.4. The van der Waals surface area contributed by atoms with E-state index in [1.165, 1.54) is 41.2 Å². The van der Waals surface area contributed by atoms with Crippen LogP contribution in [0.5, 0.6) is 0 Å². The van der Waals surface area contributed by atoms with Gasteiger partial charge in [0.15, 0.2) is 0 Å². The van der Waals surface area contributed by atoms with Crippen molar-refractivity contribution in [3.63, 3.8) is 0 Å². The molecule has 2 atom stereocenters. The molecule has 0 saturated carbocycles. The zero-order valence-corrected chi connectivity index (χ0v) is 36.2. The summed E-state index contributed by atoms with van der Waals surface area (Å²) < 4.78 is 120. The molecule has 0 N–H and O–H groups in total. The monoisotopic (exact) mass is 896 g/mol. The third kappa shape index (κ3) is 11.1. The molecule has 0 aliphatic rings. The molecule has 0 aliphatic heterocycles. The molecule has 0 aromatic heterocycles. The van der Waals surface area contributed by atoms with Gasteiger partial charge in [0.2, 0.25) is 0 Å². The summed E-state index contributed by atoms with van der Waals surface area (Å²) in [5, 5.41) is 4.41. The van der Waals surface area contributed by atoms with Crippen molar-refractivity contribution in [2.75, 3.05) is 0 Å². The predicted molar refractivity (Wildman–Crippen MR) is 205 cm³/mol. The van der Waals surface area contributed by atoms with E-state index in [9.17, 15) is 39.5 Å². The first-order chi connectivity index (χ1) is 25.2. The Bertz CT molecular complexity index is 1820. The molecule has 0 heterocycles. The summed E-state index contributed by atoms with van der Waals surface area (Å²) in [6, 6.07) is 22.5. The average Bonchev–Trinajstić information content (AvgIpc) is 3.72. The van der Waals surface area contributed by atoms with Gasteiger partial charge in [0.25, 0.3) is 5.41 Å². The number of halogens is 11. The van der Waals surface area contributed by atoms with Crippen molar-refractivity contribution in [1.29, 1.82) is 0 Å². The Kier molecular flexibility index (Phi) is 18.6. The van der Waals surface area contributed by atoms with Crippen LogP contribution in [0.3, 0.4) is 0 Å². The Morgan fingerprint density at radius 3 is 1.65 bits per heavy atom. The van der Waals surface area contributed by atoms with E-state index in [1.54, 1.807) is 18.2 Å². The fourth-order valence-electron chi connectivity index (χ4n) is 6.44. The summed E-state index contributed by atoms with van der Waals surface area (Å²) in [5.41, 5.74) is -3.20. The van der Waals surface area contributed by atoms with E-state index in [1.807, 2.05) is 19.1 Å². The molecule has 294 valence electrons. The fraction of sp³-hybridized carbons (Fsp3) is 0.415. The van der Waals surface area contributed by atoms with Crippen LogP contribution in [0.25, 0.3) is 32.7 Å². The van der Waals surface area contributed by atoms with Gasteiger partial charge in [0.05, 0.1) is 0 Å². The van der Waals surface area contributed by atoms with Gasteiger partial charge in [0.1, 0.15) is 0 Å². The molecule has 2 unspecified atom stereocenters. The van der Waals surface area contributed by atoms with Crippen molar-refractivity contribution >= 4 is 48.1 Å². The topological polar surface area (TPSA) is 0 Å². The Morgan fingerprint density at radius 2 is 1.19 bits per heavy atom. The Morgan fingerprint density at radius 1 is 0.685 bits per heavy atom. The first-order valence-corrected chi connectivity index (χ1v) is 25.8.